The van der Waals surface area contributed by atoms with Crippen LogP contribution in [0.1, 0.15) is 16.8 Å². The number of benzene rings is 1. The second kappa shape index (κ2) is 5.22. The molecule has 0 N–H and O–H groups in total. The number of pyridine rings is 1. The van der Waals surface area contributed by atoms with E-state index in [9.17, 15) is 0 Å². The molecular formula is C16H15N3O. The lowest BCUT2D eigenvalue weighted by Gasteiger charge is -2.19. The van der Waals surface area contributed by atoms with Crippen LogP contribution in [-0.4, -0.2) is 18.6 Å². The van der Waals surface area contributed by atoms with Gasteiger partial charge in [-0.1, -0.05) is 12.1 Å². The molecule has 0 amide bonds. The number of fused-ring (bicyclic) bond motifs is 1. The van der Waals surface area contributed by atoms with Gasteiger partial charge in [0, 0.05) is 20.0 Å². The molecule has 0 bridgehead atoms. The van der Waals surface area contributed by atoms with E-state index in [0.29, 0.717) is 5.69 Å². The Bertz CT molecular complexity index is 658. The number of anilines is 1. The summed E-state index contributed by atoms with van der Waals surface area (Å²) >= 11 is 0. The molecule has 0 atom stereocenters. The van der Waals surface area contributed by atoms with Crippen molar-refractivity contribution >= 4 is 5.69 Å². The fraction of sp³-hybridized carbons (Fsp3) is 0.250. The Hall–Kier alpha value is -2.54. The summed E-state index contributed by atoms with van der Waals surface area (Å²) < 4.78 is 5.51. The zero-order valence-electron chi connectivity index (χ0n) is 11.3. The van der Waals surface area contributed by atoms with E-state index in [1.165, 1.54) is 11.1 Å². The van der Waals surface area contributed by atoms with Gasteiger partial charge >= 0.3 is 0 Å². The Morgan fingerprint density at radius 2 is 2.25 bits per heavy atom. The zero-order chi connectivity index (χ0) is 13.9. The molecule has 0 saturated carbocycles. The number of rotatable bonds is 3. The average Bonchev–Trinajstić information content (AvgIpc) is 2.95. The number of nitrogens with zero attached hydrogens (tertiary/aromatic N) is 3. The molecule has 0 spiro atoms. The van der Waals surface area contributed by atoms with E-state index in [2.05, 4.69) is 22.0 Å². The smallest absolute Gasteiger partial charge is 0.140 e. The van der Waals surface area contributed by atoms with Crippen LogP contribution in [0.5, 0.6) is 5.75 Å². The third kappa shape index (κ3) is 2.43. The molecule has 0 fully saturated rings. The maximum atomic E-state index is 8.75. The highest BCUT2D eigenvalue weighted by Crippen LogP contribution is 2.26. The molecule has 0 saturated heterocycles. The lowest BCUT2D eigenvalue weighted by atomic mass is 10.1. The number of ether oxygens (including phenoxy) is 1. The van der Waals surface area contributed by atoms with Crippen LogP contribution in [0.2, 0.25) is 0 Å². The molecule has 1 aliphatic heterocycles. The van der Waals surface area contributed by atoms with Crippen LogP contribution in [-0.2, 0) is 13.0 Å². The molecule has 0 aliphatic carbocycles. The molecule has 2 aromatic rings. The van der Waals surface area contributed by atoms with E-state index >= 15 is 0 Å². The van der Waals surface area contributed by atoms with Gasteiger partial charge in [-0.05, 0) is 29.3 Å². The minimum absolute atomic E-state index is 0.442. The van der Waals surface area contributed by atoms with Gasteiger partial charge in [-0.25, -0.2) is 4.98 Å². The van der Waals surface area contributed by atoms with Gasteiger partial charge in [0.25, 0.3) is 0 Å². The molecule has 4 heteroatoms. The maximum Gasteiger partial charge on any atom is 0.140 e. The van der Waals surface area contributed by atoms with Crippen LogP contribution >= 0.6 is 0 Å². The van der Waals surface area contributed by atoms with Crippen LogP contribution in [0.15, 0.2) is 36.5 Å². The van der Waals surface area contributed by atoms with Gasteiger partial charge in [0.2, 0.25) is 0 Å². The summed E-state index contributed by atoms with van der Waals surface area (Å²) in [5, 5.41) is 8.75. The fourth-order valence-electron chi connectivity index (χ4n) is 2.38. The minimum Gasteiger partial charge on any atom is -0.493 e. The van der Waals surface area contributed by atoms with Crippen LogP contribution in [0.3, 0.4) is 0 Å². The van der Waals surface area contributed by atoms with Crippen molar-refractivity contribution in [1.82, 2.24) is 4.98 Å². The Kier molecular flexibility index (Phi) is 3.26. The van der Waals surface area contributed by atoms with Gasteiger partial charge in [-0.2, -0.15) is 5.26 Å². The molecule has 3 rings (SSSR count). The largest absolute Gasteiger partial charge is 0.493 e. The molecule has 0 radical (unpaired) electrons. The topological polar surface area (TPSA) is 49.1 Å². The van der Waals surface area contributed by atoms with Crippen molar-refractivity contribution in [1.29, 1.82) is 5.26 Å². The summed E-state index contributed by atoms with van der Waals surface area (Å²) in [7, 11) is 2.02. The van der Waals surface area contributed by atoms with E-state index in [0.717, 1.165) is 31.0 Å². The molecule has 0 unspecified atom stereocenters. The summed E-state index contributed by atoms with van der Waals surface area (Å²) in [5.41, 5.74) is 3.98. The Morgan fingerprint density at radius 3 is 3.00 bits per heavy atom. The Morgan fingerprint density at radius 1 is 1.35 bits per heavy atom. The van der Waals surface area contributed by atoms with Crippen molar-refractivity contribution in [3.63, 3.8) is 0 Å². The van der Waals surface area contributed by atoms with E-state index < -0.39 is 0 Å². The summed E-state index contributed by atoms with van der Waals surface area (Å²) in [6, 6.07) is 12.0. The van der Waals surface area contributed by atoms with E-state index in [-0.39, 0.29) is 0 Å². The Balaban J connectivity index is 1.75. The van der Waals surface area contributed by atoms with Gasteiger partial charge in [-0.15, -0.1) is 0 Å². The van der Waals surface area contributed by atoms with Crippen molar-refractivity contribution in [3.8, 4) is 11.8 Å². The van der Waals surface area contributed by atoms with Crippen molar-refractivity contribution in [2.24, 2.45) is 0 Å². The standard InChI is InChI=1S/C16H15N3O/c1-19(15-4-3-14(9-17)18-10-15)11-12-2-5-16-13(8-12)6-7-20-16/h2-5,8,10H,6-7,11H2,1H3. The van der Waals surface area contributed by atoms with Gasteiger partial charge in [0.1, 0.15) is 17.5 Å². The molecule has 1 aliphatic rings. The lowest BCUT2D eigenvalue weighted by molar-refractivity contribution is 0.357. The maximum absolute atomic E-state index is 8.75. The molecule has 4 nitrogen and oxygen atoms in total. The summed E-state index contributed by atoms with van der Waals surface area (Å²) in [6.07, 6.45) is 2.72. The average molecular weight is 265 g/mol. The van der Waals surface area contributed by atoms with Crippen molar-refractivity contribution in [2.75, 3.05) is 18.6 Å². The van der Waals surface area contributed by atoms with E-state index in [1.54, 1.807) is 12.3 Å². The fourth-order valence-corrected chi connectivity index (χ4v) is 2.38. The lowest BCUT2D eigenvalue weighted by Crippen LogP contribution is -2.16. The first-order valence-electron chi connectivity index (χ1n) is 6.58. The van der Waals surface area contributed by atoms with Gasteiger partial charge in [0.05, 0.1) is 18.5 Å². The predicted molar refractivity (Wildman–Crippen MR) is 76.7 cm³/mol. The highest BCUT2D eigenvalue weighted by Gasteiger charge is 2.12. The van der Waals surface area contributed by atoms with Crippen LogP contribution < -0.4 is 9.64 Å². The monoisotopic (exact) mass is 265 g/mol. The van der Waals surface area contributed by atoms with Crippen molar-refractivity contribution in [3.05, 3.63) is 53.3 Å². The first-order chi connectivity index (χ1) is 9.76. The van der Waals surface area contributed by atoms with Crippen LogP contribution in [0.4, 0.5) is 5.69 Å². The highest BCUT2D eigenvalue weighted by molar-refractivity contribution is 5.47. The quantitative estimate of drug-likeness (QED) is 0.855. The molecule has 1 aromatic carbocycles. The first-order valence-corrected chi connectivity index (χ1v) is 6.58. The van der Waals surface area contributed by atoms with Gasteiger partial charge in [0.15, 0.2) is 0 Å². The second-order valence-corrected chi connectivity index (χ2v) is 4.91. The van der Waals surface area contributed by atoms with Gasteiger partial charge < -0.3 is 9.64 Å². The predicted octanol–water partition coefficient (Wildman–Crippen LogP) is 2.52. The zero-order valence-corrected chi connectivity index (χ0v) is 11.3. The second-order valence-electron chi connectivity index (χ2n) is 4.91. The summed E-state index contributed by atoms with van der Waals surface area (Å²) in [6.45, 7) is 1.59. The van der Waals surface area contributed by atoms with Crippen molar-refractivity contribution in [2.45, 2.75) is 13.0 Å². The van der Waals surface area contributed by atoms with E-state index in [1.807, 2.05) is 25.2 Å². The van der Waals surface area contributed by atoms with Crippen molar-refractivity contribution < 1.29 is 4.74 Å². The minimum atomic E-state index is 0.442. The highest BCUT2D eigenvalue weighted by atomic mass is 16.5. The SMILES string of the molecule is CN(Cc1ccc2c(c1)CCO2)c1ccc(C#N)nc1. The first kappa shape index (κ1) is 12.5. The number of hydrogen-bond donors (Lipinski definition) is 0. The summed E-state index contributed by atoms with van der Waals surface area (Å²) in [5.74, 6) is 1.01. The molecule has 20 heavy (non-hydrogen) atoms. The van der Waals surface area contributed by atoms with Gasteiger partial charge in [-0.3, -0.25) is 0 Å². The number of nitriles is 1. The van der Waals surface area contributed by atoms with Crippen LogP contribution in [0.25, 0.3) is 0 Å². The normalized spacial score (nSPS) is 12.4. The number of aromatic nitrogens is 1. The summed E-state index contributed by atoms with van der Waals surface area (Å²) in [4.78, 5) is 6.21. The number of hydrogen-bond acceptors (Lipinski definition) is 4. The molecular weight excluding hydrogens is 250 g/mol. The Labute approximate surface area is 118 Å². The third-order valence-corrected chi connectivity index (χ3v) is 3.48. The van der Waals surface area contributed by atoms with E-state index in [4.69, 9.17) is 10.00 Å². The van der Waals surface area contributed by atoms with Crippen LogP contribution in [0, 0.1) is 11.3 Å². The molecule has 1 aromatic heterocycles. The molecule has 100 valence electrons. The third-order valence-electron chi connectivity index (χ3n) is 3.48. The molecule has 2 heterocycles.